The molecular weight excluding hydrogens is 365 g/mol. The first-order chi connectivity index (χ1) is 13.0. The molecule has 9 heteroatoms. The summed E-state index contributed by atoms with van der Waals surface area (Å²) in [6, 6.07) is 1.77. The smallest absolute Gasteiger partial charge is 0.164 e. The van der Waals surface area contributed by atoms with E-state index in [9.17, 15) is 4.39 Å². The molecule has 0 aliphatic heterocycles. The summed E-state index contributed by atoms with van der Waals surface area (Å²) in [7, 11) is 0. The van der Waals surface area contributed by atoms with Crippen LogP contribution in [0.5, 0.6) is 0 Å². The number of aromatic nitrogens is 5. The van der Waals surface area contributed by atoms with Crippen molar-refractivity contribution >= 4 is 40.6 Å². The van der Waals surface area contributed by atoms with Crippen molar-refractivity contribution in [3.63, 3.8) is 0 Å². The van der Waals surface area contributed by atoms with E-state index < -0.39 is 0 Å². The predicted octanol–water partition coefficient (Wildman–Crippen LogP) is 4.27. The van der Waals surface area contributed by atoms with Crippen LogP contribution in [0.25, 0.3) is 16.7 Å². The van der Waals surface area contributed by atoms with Gasteiger partial charge in [0.1, 0.15) is 22.2 Å². The Morgan fingerprint density at radius 3 is 2.78 bits per heavy atom. The van der Waals surface area contributed by atoms with Gasteiger partial charge in [0.25, 0.3) is 0 Å². The van der Waals surface area contributed by atoms with E-state index >= 15 is 0 Å². The first-order valence-electron chi connectivity index (χ1n) is 8.16. The SMILES string of the molecule is C=N/C(=C\C=C(/C)F)c1cnc2ncnc(NC(C)c3nnc(C)s3)c2c1. The number of aryl methyl sites for hydroxylation is 1. The molecule has 0 fully saturated rings. The van der Waals surface area contributed by atoms with Gasteiger partial charge >= 0.3 is 0 Å². The number of nitrogens with zero attached hydrogens (tertiary/aromatic N) is 6. The highest BCUT2D eigenvalue weighted by molar-refractivity contribution is 7.11. The highest BCUT2D eigenvalue weighted by Gasteiger charge is 2.14. The molecule has 0 aliphatic rings. The van der Waals surface area contributed by atoms with Gasteiger partial charge in [0.15, 0.2) is 5.65 Å². The Morgan fingerprint density at radius 1 is 1.30 bits per heavy atom. The van der Waals surface area contributed by atoms with Gasteiger partial charge in [-0.2, -0.15) is 0 Å². The van der Waals surface area contributed by atoms with E-state index in [4.69, 9.17) is 0 Å². The van der Waals surface area contributed by atoms with Crippen LogP contribution in [-0.2, 0) is 0 Å². The monoisotopic (exact) mass is 383 g/mol. The van der Waals surface area contributed by atoms with Crippen LogP contribution in [0.4, 0.5) is 10.2 Å². The summed E-state index contributed by atoms with van der Waals surface area (Å²) < 4.78 is 13.0. The van der Waals surface area contributed by atoms with Crippen molar-refractivity contribution in [3.8, 4) is 0 Å². The van der Waals surface area contributed by atoms with Crippen LogP contribution in [0.1, 0.15) is 35.5 Å². The van der Waals surface area contributed by atoms with E-state index in [-0.39, 0.29) is 11.9 Å². The number of rotatable bonds is 6. The summed E-state index contributed by atoms with van der Waals surface area (Å²) in [6.45, 7) is 8.81. The Kier molecular flexibility index (Phi) is 5.60. The van der Waals surface area contributed by atoms with Crippen LogP contribution in [0.15, 0.2) is 41.6 Å². The van der Waals surface area contributed by atoms with Crippen LogP contribution < -0.4 is 5.32 Å². The molecule has 0 aromatic carbocycles. The molecule has 3 aromatic heterocycles. The zero-order chi connectivity index (χ0) is 19.4. The molecule has 0 saturated carbocycles. The second kappa shape index (κ2) is 8.09. The van der Waals surface area contributed by atoms with Gasteiger partial charge in [0.2, 0.25) is 0 Å². The summed E-state index contributed by atoms with van der Waals surface area (Å²) >= 11 is 1.52. The van der Waals surface area contributed by atoms with Crippen molar-refractivity contribution < 1.29 is 4.39 Å². The van der Waals surface area contributed by atoms with E-state index in [2.05, 4.69) is 42.2 Å². The molecule has 3 aromatic rings. The minimum absolute atomic E-state index is 0.0809. The number of pyridine rings is 1. The Bertz CT molecular complexity index is 1040. The van der Waals surface area contributed by atoms with E-state index in [1.54, 1.807) is 12.3 Å². The van der Waals surface area contributed by atoms with E-state index in [1.807, 2.05) is 19.9 Å². The summed E-state index contributed by atoms with van der Waals surface area (Å²) in [5.74, 6) is 0.298. The lowest BCUT2D eigenvalue weighted by molar-refractivity contribution is 0.640. The van der Waals surface area contributed by atoms with Gasteiger partial charge < -0.3 is 5.32 Å². The van der Waals surface area contributed by atoms with Gasteiger partial charge in [0, 0.05) is 11.8 Å². The summed E-state index contributed by atoms with van der Waals surface area (Å²) in [6.07, 6.45) is 5.95. The highest BCUT2D eigenvalue weighted by Crippen LogP contribution is 2.27. The molecule has 0 radical (unpaired) electrons. The minimum atomic E-state index is -0.322. The Hall–Kier alpha value is -3.07. The summed E-state index contributed by atoms with van der Waals surface area (Å²) in [5.41, 5.74) is 1.73. The molecule has 7 nitrogen and oxygen atoms in total. The third-order valence-corrected chi connectivity index (χ3v) is 4.71. The standard InChI is InChI=1S/C18H18FN7S/c1-10(19)5-6-15(20-4)13-7-14-16(21-8-13)22-9-23-17(14)24-11(2)18-26-25-12(3)27-18/h5-9,11H,4H2,1-3H3,(H,21,22,23,24)/b10-5+,15-6-. The first-order valence-corrected chi connectivity index (χ1v) is 8.98. The molecule has 27 heavy (non-hydrogen) atoms. The lowest BCUT2D eigenvalue weighted by Gasteiger charge is -2.13. The van der Waals surface area contributed by atoms with Gasteiger partial charge in [-0.3, -0.25) is 4.99 Å². The summed E-state index contributed by atoms with van der Waals surface area (Å²) in [4.78, 5) is 16.9. The number of anilines is 1. The van der Waals surface area contributed by atoms with Crippen molar-refractivity contribution in [3.05, 3.63) is 52.1 Å². The van der Waals surface area contributed by atoms with Crippen LogP contribution >= 0.6 is 11.3 Å². The number of halogens is 1. The number of nitrogens with one attached hydrogen (secondary N) is 1. The van der Waals surface area contributed by atoms with Crippen LogP contribution in [-0.4, -0.2) is 31.9 Å². The second-order valence-electron chi connectivity index (χ2n) is 5.81. The highest BCUT2D eigenvalue weighted by atomic mass is 32.1. The van der Waals surface area contributed by atoms with Crippen LogP contribution in [0, 0.1) is 6.92 Å². The van der Waals surface area contributed by atoms with E-state index in [0.29, 0.717) is 22.7 Å². The molecule has 0 spiro atoms. The van der Waals surface area contributed by atoms with Crippen molar-refractivity contribution in [1.82, 2.24) is 25.1 Å². The van der Waals surface area contributed by atoms with Crippen molar-refractivity contribution in [1.29, 1.82) is 0 Å². The average Bonchev–Trinajstić information content (AvgIpc) is 3.09. The molecule has 0 bridgehead atoms. The molecule has 3 heterocycles. The minimum Gasteiger partial charge on any atom is -0.360 e. The molecular formula is C18H18FN7S. The quantitative estimate of drug-likeness (QED) is 0.505. The fourth-order valence-corrected chi connectivity index (χ4v) is 3.09. The lowest BCUT2D eigenvalue weighted by atomic mass is 10.1. The van der Waals surface area contributed by atoms with Gasteiger partial charge in [-0.1, -0.05) is 11.3 Å². The largest absolute Gasteiger partial charge is 0.360 e. The third kappa shape index (κ3) is 4.37. The molecule has 1 unspecified atom stereocenters. The van der Waals surface area contributed by atoms with E-state index in [1.165, 1.54) is 30.7 Å². The maximum atomic E-state index is 13.0. The van der Waals surface area contributed by atoms with Crippen LogP contribution in [0.2, 0.25) is 0 Å². The fourth-order valence-electron chi connectivity index (χ4n) is 2.39. The van der Waals surface area contributed by atoms with E-state index in [0.717, 1.165) is 15.4 Å². The zero-order valence-corrected chi connectivity index (χ0v) is 16.0. The molecule has 0 saturated heterocycles. The van der Waals surface area contributed by atoms with Gasteiger partial charge in [-0.15, -0.1) is 10.2 Å². The zero-order valence-electron chi connectivity index (χ0n) is 15.1. The number of hydrogen-bond donors (Lipinski definition) is 1. The van der Waals surface area contributed by atoms with Gasteiger partial charge in [-0.25, -0.2) is 19.3 Å². The van der Waals surface area contributed by atoms with Crippen molar-refractivity contribution in [2.45, 2.75) is 26.8 Å². The maximum Gasteiger partial charge on any atom is 0.164 e. The van der Waals surface area contributed by atoms with Gasteiger partial charge in [-0.05, 0) is 45.7 Å². The van der Waals surface area contributed by atoms with Gasteiger partial charge in [0.05, 0.1) is 23.0 Å². The molecule has 0 aliphatic carbocycles. The Balaban J connectivity index is 2.00. The molecule has 0 amide bonds. The predicted molar refractivity (Wildman–Crippen MR) is 106 cm³/mol. The normalized spacial score (nSPS) is 13.6. The molecule has 138 valence electrons. The second-order valence-corrected chi connectivity index (χ2v) is 7.02. The third-order valence-electron chi connectivity index (χ3n) is 3.69. The lowest BCUT2D eigenvalue weighted by Crippen LogP contribution is -2.09. The van der Waals surface area contributed by atoms with Crippen LogP contribution in [0.3, 0.4) is 0 Å². The number of fused-ring (bicyclic) bond motifs is 1. The van der Waals surface area contributed by atoms with Crippen molar-refractivity contribution in [2.75, 3.05) is 5.32 Å². The molecule has 3 rings (SSSR count). The molecule has 1 N–H and O–H groups in total. The topological polar surface area (TPSA) is 88.8 Å². The fraction of sp³-hybridized carbons (Fsp3) is 0.222. The number of allylic oxidation sites excluding steroid dienone is 3. The first kappa shape index (κ1) is 18.7. The maximum absolute atomic E-state index is 13.0. The number of aliphatic imine (C=N–C) groups is 1. The summed E-state index contributed by atoms with van der Waals surface area (Å²) in [5, 5.41) is 14.0. The Labute approximate surface area is 159 Å². The molecule has 1 atom stereocenters. The Morgan fingerprint density at radius 2 is 2.11 bits per heavy atom. The average molecular weight is 383 g/mol. The van der Waals surface area contributed by atoms with Crippen molar-refractivity contribution in [2.24, 2.45) is 4.99 Å². The number of hydrogen-bond acceptors (Lipinski definition) is 8.